The minimum atomic E-state index is -0.924. The normalized spacial score (nSPS) is 11.0. The lowest BCUT2D eigenvalue weighted by Gasteiger charge is -2.01. The average Bonchev–Trinajstić information content (AvgIpc) is 2.46. The number of nitrogens with zero attached hydrogens (tertiary/aromatic N) is 2. The van der Waals surface area contributed by atoms with Crippen LogP contribution in [0.5, 0.6) is 5.75 Å². The van der Waals surface area contributed by atoms with E-state index in [1.165, 1.54) is 35.2 Å². The molecule has 20 heavy (non-hydrogen) atoms. The Hall–Kier alpha value is -3.09. The highest BCUT2D eigenvalue weighted by molar-refractivity contribution is 5.89. The van der Waals surface area contributed by atoms with E-state index >= 15 is 0 Å². The minimum Gasteiger partial charge on any atom is -0.499 e. The number of aromatic nitrogens is 1. The molecule has 3 aromatic rings. The molecule has 3 rings (SSSR count). The molecule has 7 nitrogen and oxygen atoms in total. The molecule has 0 bridgehead atoms. The Morgan fingerprint density at radius 3 is 2.55 bits per heavy atom. The van der Waals surface area contributed by atoms with Gasteiger partial charge in [0, 0.05) is 12.1 Å². The van der Waals surface area contributed by atoms with Gasteiger partial charge in [-0.3, -0.25) is 19.7 Å². The Morgan fingerprint density at radius 1 is 1.15 bits per heavy atom. The number of fused-ring (bicyclic) bond motifs is 1. The van der Waals surface area contributed by atoms with Gasteiger partial charge in [0.15, 0.2) is 12.4 Å². The number of pyridine rings is 1. The Morgan fingerprint density at radius 2 is 1.90 bits per heavy atom. The lowest BCUT2D eigenvalue weighted by Crippen LogP contribution is -2.46. The molecule has 0 fully saturated rings. The van der Waals surface area contributed by atoms with Gasteiger partial charge in [-0.15, -0.1) is 0 Å². The van der Waals surface area contributed by atoms with Gasteiger partial charge < -0.3 is 5.11 Å². The number of nitro groups is 1. The maximum atomic E-state index is 11.4. The van der Waals surface area contributed by atoms with Crippen LogP contribution < -0.4 is 15.4 Å². The van der Waals surface area contributed by atoms with Crippen molar-refractivity contribution in [2.24, 2.45) is 0 Å². The monoisotopic (exact) mass is 271 g/mol. The molecule has 0 aliphatic heterocycles. The fourth-order valence-electron chi connectivity index (χ4n) is 2.12. The number of benzene rings is 1. The molecular formula is C13H7N2O5+. The second-order valence-electron chi connectivity index (χ2n) is 4.24. The van der Waals surface area contributed by atoms with Crippen molar-refractivity contribution >= 4 is 16.5 Å². The van der Waals surface area contributed by atoms with E-state index in [9.17, 15) is 24.8 Å². The molecule has 0 unspecified atom stereocenters. The number of hydrogen-bond donors (Lipinski definition) is 1. The third kappa shape index (κ3) is 1.50. The first kappa shape index (κ1) is 12.0. The van der Waals surface area contributed by atoms with Crippen LogP contribution in [0.2, 0.25) is 0 Å². The van der Waals surface area contributed by atoms with Crippen molar-refractivity contribution in [1.29, 1.82) is 0 Å². The molecule has 0 saturated heterocycles. The van der Waals surface area contributed by atoms with Gasteiger partial charge in [-0.25, -0.2) is 0 Å². The van der Waals surface area contributed by atoms with E-state index in [1.54, 1.807) is 6.07 Å². The molecule has 1 heterocycles. The third-order valence-corrected chi connectivity index (χ3v) is 3.11. The first-order valence-corrected chi connectivity index (χ1v) is 5.62. The molecular weight excluding hydrogens is 264 g/mol. The SMILES string of the molecule is O=c1c(O)c(-[n+]2ccc3c([N+](=O)[O-])cccc3c2)c1=O. The Kier molecular flexibility index (Phi) is 2.37. The first-order chi connectivity index (χ1) is 9.50. The lowest BCUT2D eigenvalue weighted by molar-refractivity contribution is -0.596. The second kappa shape index (κ2) is 3.95. The zero-order valence-electron chi connectivity index (χ0n) is 9.94. The summed E-state index contributed by atoms with van der Waals surface area (Å²) >= 11 is 0. The fourth-order valence-corrected chi connectivity index (χ4v) is 2.12. The quantitative estimate of drug-likeness (QED) is 0.313. The molecule has 0 amide bonds. The predicted molar refractivity (Wildman–Crippen MR) is 68.7 cm³/mol. The average molecular weight is 271 g/mol. The summed E-state index contributed by atoms with van der Waals surface area (Å²) in [5.74, 6) is -0.593. The topological polar surface area (TPSA) is 101 Å². The smallest absolute Gasteiger partial charge is 0.309 e. The summed E-state index contributed by atoms with van der Waals surface area (Å²) in [6.45, 7) is 0. The molecule has 1 N–H and O–H groups in total. The van der Waals surface area contributed by atoms with Crippen LogP contribution in [0.3, 0.4) is 0 Å². The number of aromatic hydroxyl groups is 1. The van der Waals surface area contributed by atoms with Gasteiger partial charge in [-0.2, -0.15) is 4.57 Å². The summed E-state index contributed by atoms with van der Waals surface area (Å²) in [6.07, 6.45) is 2.85. The molecule has 0 spiro atoms. The maximum Gasteiger partial charge on any atom is 0.309 e. The standard InChI is InChI=1S/C13H6N2O5/c16-11-10(12(17)13(11)18)14-5-4-8-7(6-14)2-1-3-9(8)15(19)20/h1-6H/p+1. The molecule has 7 heteroatoms. The van der Waals surface area contributed by atoms with Gasteiger partial charge in [-0.1, -0.05) is 6.07 Å². The summed E-state index contributed by atoms with van der Waals surface area (Å²) in [6, 6.07) is 6.00. The number of rotatable bonds is 2. The van der Waals surface area contributed by atoms with Gasteiger partial charge in [0.25, 0.3) is 11.1 Å². The zero-order valence-corrected chi connectivity index (χ0v) is 9.94. The molecule has 98 valence electrons. The highest BCUT2D eigenvalue weighted by Gasteiger charge is 2.29. The second-order valence-corrected chi connectivity index (χ2v) is 4.24. The van der Waals surface area contributed by atoms with Crippen molar-refractivity contribution in [3.63, 3.8) is 0 Å². The van der Waals surface area contributed by atoms with Gasteiger partial charge in [0.2, 0.25) is 5.75 Å². The number of non-ortho nitro benzene ring substituents is 1. The number of nitro benzene ring substituents is 1. The zero-order chi connectivity index (χ0) is 14.4. The first-order valence-electron chi connectivity index (χ1n) is 5.62. The molecule has 0 radical (unpaired) electrons. The minimum absolute atomic E-state index is 0.0520. The van der Waals surface area contributed by atoms with Crippen molar-refractivity contribution in [1.82, 2.24) is 0 Å². The van der Waals surface area contributed by atoms with E-state index in [4.69, 9.17) is 0 Å². The summed E-state index contributed by atoms with van der Waals surface area (Å²) in [4.78, 5) is 32.8. The van der Waals surface area contributed by atoms with E-state index in [0.29, 0.717) is 10.8 Å². The van der Waals surface area contributed by atoms with E-state index in [0.717, 1.165) is 0 Å². The van der Waals surface area contributed by atoms with Crippen LogP contribution in [0.4, 0.5) is 5.69 Å². The van der Waals surface area contributed by atoms with E-state index < -0.39 is 21.5 Å². The van der Waals surface area contributed by atoms with E-state index in [1.807, 2.05) is 0 Å². The Labute approximate surface area is 110 Å². The van der Waals surface area contributed by atoms with Crippen molar-refractivity contribution < 1.29 is 14.6 Å². The molecule has 0 aliphatic carbocycles. The number of hydrogen-bond acceptors (Lipinski definition) is 5. The van der Waals surface area contributed by atoms with Crippen LogP contribution in [0, 0.1) is 10.1 Å². The summed E-state index contributed by atoms with van der Waals surface area (Å²) in [5.41, 5.74) is -1.88. The van der Waals surface area contributed by atoms with Crippen molar-refractivity contribution in [2.45, 2.75) is 0 Å². The van der Waals surface area contributed by atoms with Crippen molar-refractivity contribution in [3.05, 3.63) is 67.2 Å². The van der Waals surface area contributed by atoms with Gasteiger partial charge >= 0.3 is 11.1 Å². The Balaban J connectivity index is 2.26. The van der Waals surface area contributed by atoms with Crippen LogP contribution in [-0.4, -0.2) is 10.0 Å². The highest BCUT2D eigenvalue weighted by atomic mass is 16.6. The summed E-state index contributed by atoms with van der Waals surface area (Å²) < 4.78 is 1.28. The van der Waals surface area contributed by atoms with E-state index in [-0.39, 0.29) is 11.4 Å². The summed E-state index contributed by atoms with van der Waals surface area (Å²) in [7, 11) is 0. The Bertz CT molecular complexity index is 938. The lowest BCUT2D eigenvalue weighted by atomic mass is 10.1. The van der Waals surface area contributed by atoms with Crippen LogP contribution in [0.25, 0.3) is 16.5 Å². The predicted octanol–water partition coefficient (Wildman–Crippen LogP) is 0.326. The molecule has 2 aromatic carbocycles. The molecule has 0 saturated carbocycles. The van der Waals surface area contributed by atoms with Crippen molar-refractivity contribution in [3.8, 4) is 11.4 Å². The van der Waals surface area contributed by atoms with Gasteiger partial charge in [-0.05, 0) is 6.07 Å². The molecule has 1 aromatic heterocycles. The van der Waals surface area contributed by atoms with Gasteiger partial charge in [0.1, 0.15) is 0 Å². The summed E-state index contributed by atoms with van der Waals surface area (Å²) in [5, 5.41) is 21.2. The van der Waals surface area contributed by atoms with E-state index in [2.05, 4.69) is 0 Å². The molecule has 0 aliphatic rings. The van der Waals surface area contributed by atoms with Crippen molar-refractivity contribution in [2.75, 3.05) is 0 Å². The maximum absolute atomic E-state index is 11.4. The molecule has 0 atom stereocenters. The third-order valence-electron chi connectivity index (χ3n) is 3.11. The van der Waals surface area contributed by atoms with Crippen LogP contribution in [-0.2, 0) is 0 Å². The van der Waals surface area contributed by atoms with Crippen LogP contribution in [0.1, 0.15) is 0 Å². The van der Waals surface area contributed by atoms with Crippen LogP contribution >= 0.6 is 0 Å². The highest BCUT2D eigenvalue weighted by Crippen LogP contribution is 2.24. The fraction of sp³-hybridized carbons (Fsp3) is 0. The van der Waals surface area contributed by atoms with Crippen LogP contribution in [0.15, 0.2) is 46.2 Å². The van der Waals surface area contributed by atoms with Gasteiger partial charge in [0.05, 0.1) is 15.7 Å². The largest absolute Gasteiger partial charge is 0.499 e.